The number of likely N-dealkylation sites (N-methyl/N-ethyl adjacent to an activating group) is 1. The fourth-order valence-electron chi connectivity index (χ4n) is 5.07. The number of nitrogens with zero attached hydrogens (tertiary/aromatic N) is 4. The normalized spacial score (nSPS) is 11.7. The molecule has 1 atom stereocenters. The molecular formula is C34H30FN5O4. The van der Waals surface area contributed by atoms with Crippen molar-refractivity contribution in [2.24, 2.45) is 0 Å². The highest BCUT2D eigenvalue weighted by Gasteiger charge is 2.22. The summed E-state index contributed by atoms with van der Waals surface area (Å²) < 4.78 is 21.6. The first-order valence-corrected chi connectivity index (χ1v) is 14.0. The van der Waals surface area contributed by atoms with Crippen LogP contribution < -0.4 is 5.32 Å². The summed E-state index contributed by atoms with van der Waals surface area (Å²) in [7, 11) is 2.99. The lowest BCUT2D eigenvalue weighted by Crippen LogP contribution is -2.36. The minimum atomic E-state index is -1.05. The Labute approximate surface area is 253 Å². The van der Waals surface area contributed by atoms with Gasteiger partial charge < -0.3 is 19.7 Å². The molecule has 44 heavy (non-hydrogen) atoms. The van der Waals surface area contributed by atoms with Crippen LogP contribution in [0, 0.1) is 17.1 Å². The molecule has 0 saturated heterocycles. The second-order valence-electron chi connectivity index (χ2n) is 10.3. The molecule has 0 aliphatic carbocycles. The molecule has 0 bridgehead atoms. The van der Waals surface area contributed by atoms with E-state index in [-0.39, 0.29) is 18.0 Å². The smallest absolute Gasteiger partial charge is 0.335 e. The first kappa shape index (κ1) is 30.1. The lowest BCUT2D eigenvalue weighted by molar-refractivity contribution is -0.131. The fourth-order valence-corrected chi connectivity index (χ4v) is 5.07. The molecule has 9 nitrogen and oxygen atoms in total. The zero-order valence-corrected chi connectivity index (χ0v) is 24.3. The number of halogens is 1. The summed E-state index contributed by atoms with van der Waals surface area (Å²) in [5.74, 6) is -1.07. The topological polar surface area (TPSA) is 130 Å². The van der Waals surface area contributed by atoms with Crippen LogP contribution in [0.15, 0.2) is 78.9 Å². The summed E-state index contributed by atoms with van der Waals surface area (Å²) in [4.78, 5) is 33.6. The van der Waals surface area contributed by atoms with E-state index in [1.807, 2.05) is 53.1 Å². The minimum absolute atomic E-state index is 0.125. The highest BCUT2D eigenvalue weighted by atomic mass is 19.1. The number of ether oxygens (including phenoxy) is 1. The molecular weight excluding hydrogens is 561 g/mol. The predicted molar refractivity (Wildman–Crippen MR) is 163 cm³/mol. The number of amides is 1. The zero-order chi connectivity index (χ0) is 31.2. The quantitative estimate of drug-likeness (QED) is 0.222. The molecule has 2 aromatic heterocycles. The van der Waals surface area contributed by atoms with Crippen LogP contribution in [0.25, 0.3) is 22.3 Å². The largest absolute Gasteiger partial charge is 0.478 e. The number of rotatable bonds is 11. The van der Waals surface area contributed by atoms with Gasteiger partial charge in [-0.2, -0.15) is 5.26 Å². The van der Waals surface area contributed by atoms with Gasteiger partial charge in [0.15, 0.2) is 6.10 Å². The number of aryl methyl sites for hydroxylation is 2. The Morgan fingerprint density at radius 1 is 1.05 bits per heavy atom. The summed E-state index contributed by atoms with van der Waals surface area (Å²) in [6.07, 6.45) is 0.656. The number of imidazole rings is 1. The van der Waals surface area contributed by atoms with Crippen molar-refractivity contribution in [1.29, 1.82) is 5.26 Å². The van der Waals surface area contributed by atoms with Crippen molar-refractivity contribution in [1.82, 2.24) is 19.9 Å². The molecule has 0 aliphatic heterocycles. The van der Waals surface area contributed by atoms with Crippen molar-refractivity contribution in [3.63, 3.8) is 0 Å². The molecule has 5 aromatic rings. The van der Waals surface area contributed by atoms with Crippen LogP contribution in [0.3, 0.4) is 0 Å². The summed E-state index contributed by atoms with van der Waals surface area (Å²) in [5.41, 5.74) is 5.68. The van der Waals surface area contributed by atoms with E-state index in [0.717, 1.165) is 22.5 Å². The number of pyridine rings is 1. The number of carboxylic acids is 1. The van der Waals surface area contributed by atoms with Gasteiger partial charge in [0.25, 0.3) is 5.91 Å². The van der Waals surface area contributed by atoms with Crippen LogP contribution in [0.2, 0.25) is 0 Å². The van der Waals surface area contributed by atoms with Crippen LogP contribution in [0.5, 0.6) is 0 Å². The van der Waals surface area contributed by atoms with E-state index in [1.54, 1.807) is 24.3 Å². The number of carboxylic acid groups (broad SMARTS) is 1. The van der Waals surface area contributed by atoms with E-state index in [0.29, 0.717) is 47.2 Å². The van der Waals surface area contributed by atoms with Crippen LogP contribution >= 0.6 is 0 Å². The van der Waals surface area contributed by atoms with Gasteiger partial charge >= 0.3 is 5.97 Å². The fraction of sp³-hybridized carbons (Fsp3) is 0.206. The van der Waals surface area contributed by atoms with Gasteiger partial charge in [-0.25, -0.2) is 14.2 Å². The Balaban J connectivity index is 1.36. The molecule has 0 fully saturated rings. The second-order valence-corrected chi connectivity index (χ2v) is 10.3. The number of aromatic carboxylic acids is 1. The highest BCUT2D eigenvalue weighted by Crippen LogP contribution is 2.24. The third kappa shape index (κ3) is 6.64. The van der Waals surface area contributed by atoms with E-state index in [2.05, 4.69) is 5.32 Å². The molecule has 0 spiro atoms. The number of nitriles is 1. The number of benzene rings is 3. The Kier molecular flexibility index (Phi) is 9.07. The van der Waals surface area contributed by atoms with Crippen LogP contribution in [-0.4, -0.2) is 51.8 Å². The molecule has 0 radical (unpaired) electrons. The average molecular weight is 592 g/mol. The Morgan fingerprint density at radius 3 is 2.52 bits per heavy atom. The number of nitrogens with one attached hydrogen (secondary N) is 1. The Bertz CT molecular complexity index is 1880. The number of aromatic nitrogens is 3. The van der Waals surface area contributed by atoms with E-state index < -0.39 is 17.9 Å². The molecule has 0 saturated carbocycles. The molecule has 10 heteroatoms. The molecule has 2 N–H and O–H groups in total. The number of hydrogen-bond donors (Lipinski definition) is 2. The Hall–Kier alpha value is -5.40. The van der Waals surface area contributed by atoms with E-state index in [4.69, 9.17) is 20.0 Å². The van der Waals surface area contributed by atoms with Gasteiger partial charge in [-0.1, -0.05) is 36.4 Å². The third-order valence-electron chi connectivity index (χ3n) is 7.50. The molecule has 0 aliphatic rings. The monoisotopic (exact) mass is 591 g/mol. The lowest BCUT2D eigenvalue weighted by atomic mass is 10.0. The van der Waals surface area contributed by atoms with Gasteiger partial charge in [-0.05, 0) is 66.4 Å². The van der Waals surface area contributed by atoms with Crippen molar-refractivity contribution in [3.8, 4) is 17.3 Å². The molecule has 1 amide bonds. The van der Waals surface area contributed by atoms with Gasteiger partial charge in [0, 0.05) is 31.8 Å². The molecule has 5 rings (SSSR count). The predicted octanol–water partition coefficient (Wildman–Crippen LogP) is 4.94. The van der Waals surface area contributed by atoms with Crippen LogP contribution in [-0.2, 0) is 35.3 Å². The third-order valence-corrected chi connectivity index (χ3v) is 7.50. The van der Waals surface area contributed by atoms with Gasteiger partial charge in [-0.15, -0.1) is 0 Å². The first-order chi connectivity index (χ1) is 21.3. The van der Waals surface area contributed by atoms with Crippen molar-refractivity contribution in [2.75, 3.05) is 14.2 Å². The summed E-state index contributed by atoms with van der Waals surface area (Å²) in [6.45, 7) is 0.159. The maximum atomic E-state index is 14.3. The number of carbonyl (C=O) groups excluding carboxylic acids is 1. The van der Waals surface area contributed by atoms with Crippen molar-refractivity contribution in [2.45, 2.75) is 31.9 Å². The van der Waals surface area contributed by atoms with E-state index in [9.17, 15) is 19.1 Å². The van der Waals surface area contributed by atoms with Gasteiger partial charge in [-0.3, -0.25) is 9.78 Å². The van der Waals surface area contributed by atoms with Crippen LogP contribution in [0.4, 0.5) is 4.39 Å². The maximum absolute atomic E-state index is 14.3. The van der Waals surface area contributed by atoms with E-state index >= 15 is 0 Å². The first-order valence-electron chi connectivity index (χ1n) is 14.0. The number of hydrogen-bond acceptors (Lipinski definition) is 6. The SMILES string of the molecule is CNC(=O)[C@H](Cn1c(Cc2ccc(-c3cccc(CCc4ccc(C#N)cc4F)n3)cc2)nc2ccc(C(=O)O)cc21)OC. The van der Waals surface area contributed by atoms with Crippen molar-refractivity contribution >= 4 is 22.9 Å². The molecule has 0 unspecified atom stereocenters. The van der Waals surface area contributed by atoms with Gasteiger partial charge in [0.2, 0.25) is 0 Å². The second kappa shape index (κ2) is 13.3. The summed E-state index contributed by atoms with van der Waals surface area (Å²) in [6, 6.07) is 24.8. The minimum Gasteiger partial charge on any atom is -0.478 e. The number of carbonyl (C=O) groups is 2. The average Bonchev–Trinajstić information content (AvgIpc) is 3.38. The van der Waals surface area contributed by atoms with Gasteiger partial charge in [0.1, 0.15) is 11.6 Å². The molecule has 2 heterocycles. The number of methoxy groups -OCH3 is 1. The van der Waals surface area contributed by atoms with Gasteiger partial charge in [0.05, 0.1) is 40.5 Å². The Morgan fingerprint density at radius 2 is 1.84 bits per heavy atom. The summed E-state index contributed by atoms with van der Waals surface area (Å²) >= 11 is 0. The standard InChI is InChI=1S/C34H30FN5O4/c1-37-33(41)31(44-2)20-40-30-18-25(34(42)43)13-15-29(30)39-32(40)17-21-6-10-24(11-7-21)28-5-3-4-26(38-28)14-12-23-9-8-22(19-36)16-27(23)35/h3-11,13,15-16,18,31H,12,14,17,20H2,1-2H3,(H,37,41)(H,42,43)/t31-/m0/s1. The number of fused-ring (bicyclic) bond motifs is 1. The highest BCUT2D eigenvalue weighted by molar-refractivity contribution is 5.92. The zero-order valence-electron chi connectivity index (χ0n) is 24.3. The van der Waals surface area contributed by atoms with Crippen LogP contribution in [0.1, 0.15) is 38.6 Å². The van der Waals surface area contributed by atoms with E-state index in [1.165, 1.54) is 26.3 Å². The van der Waals surface area contributed by atoms with Crippen molar-refractivity contribution in [3.05, 3.63) is 118 Å². The lowest BCUT2D eigenvalue weighted by Gasteiger charge is -2.17. The van der Waals surface area contributed by atoms with Crippen molar-refractivity contribution < 1.29 is 23.8 Å². The molecule has 222 valence electrons. The summed E-state index contributed by atoms with van der Waals surface area (Å²) in [5, 5.41) is 21.1. The molecule has 3 aromatic carbocycles. The maximum Gasteiger partial charge on any atom is 0.335 e.